The fourth-order valence-corrected chi connectivity index (χ4v) is 2.37. The molecule has 0 aliphatic heterocycles. The van der Waals surface area contributed by atoms with E-state index in [0.29, 0.717) is 17.1 Å². The van der Waals surface area contributed by atoms with Gasteiger partial charge in [-0.05, 0) is 38.1 Å². The molecule has 0 bridgehead atoms. The van der Waals surface area contributed by atoms with Crippen molar-refractivity contribution in [2.75, 3.05) is 6.61 Å². The molecule has 118 valence electrons. The lowest BCUT2D eigenvalue weighted by Crippen LogP contribution is -2.24. The highest BCUT2D eigenvalue weighted by atomic mass is 79.9. The third-order valence-electron chi connectivity index (χ3n) is 3.17. The van der Waals surface area contributed by atoms with Crippen LogP contribution in [0.2, 0.25) is 0 Å². The molecule has 1 heterocycles. The van der Waals surface area contributed by atoms with Crippen LogP contribution in [0.25, 0.3) is 0 Å². The van der Waals surface area contributed by atoms with E-state index in [9.17, 15) is 15.2 Å². The van der Waals surface area contributed by atoms with E-state index in [2.05, 4.69) is 21.0 Å². The van der Waals surface area contributed by atoms with E-state index in [1.54, 1.807) is 26.0 Å². The van der Waals surface area contributed by atoms with Crippen LogP contribution in [0.5, 0.6) is 5.75 Å². The number of halogens is 1. The minimum atomic E-state index is -0.818. The molecule has 7 nitrogen and oxygen atoms in total. The summed E-state index contributed by atoms with van der Waals surface area (Å²) in [7, 11) is 0. The SMILES string of the molecule is Cc1nn(CC(O)COc2ccc(Br)cc2)c(C)c1[N+](=O)[O-]. The topological polar surface area (TPSA) is 90.4 Å². The number of nitro groups is 1. The summed E-state index contributed by atoms with van der Waals surface area (Å²) in [6, 6.07) is 7.24. The van der Waals surface area contributed by atoms with E-state index in [0.717, 1.165) is 4.47 Å². The number of aliphatic hydroxyl groups excluding tert-OH is 1. The van der Waals surface area contributed by atoms with Crippen molar-refractivity contribution in [3.05, 3.63) is 50.2 Å². The lowest BCUT2D eigenvalue weighted by molar-refractivity contribution is -0.386. The molecule has 0 spiro atoms. The van der Waals surface area contributed by atoms with Crippen LogP contribution in [-0.2, 0) is 6.54 Å². The molecule has 0 saturated heterocycles. The van der Waals surface area contributed by atoms with Crippen LogP contribution in [0.15, 0.2) is 28.7 Å². The minimum absolute atomic E-state index is 0.0129. The fourth-order valence-electron chi connectivity index (χ4n) is 2.11. The summed E-state index contributed by atoms with van der Waals surface area (Å²) in [5.74, 6) is 0.640. The van der Waals surface area contributed by atoms with E-state index in [1.165, 1.54) is 4.68 Å². The van der Waals surface area contributed by atoms with Crippen molar-refractivity contribution < 1.29 is 14.8 Å². The summed E-state index contributed by atoms with van der Waals surface area (Å²) in [6.45, 7) is 3.40. The Hall–Kier alpha value is -1.93. The minimum Gasteiger partial charge on any atom is -0.491 e. The Morgan fingerprint density at radius 3 is 2.59 bits per heavy atom. The van der Waals surface area contributed by atoms with Crippen molar-refractivity contribution in [1.29, 1.82) is 0 Å². The molecule has 0 saturated carbocycles. The maximum Gasteiger partial charge on any atom is 0.312 e. The average molecular weight is 370 g/mol. The molecule has 1 N–H and O–H groups in total. The van der Waals surface area contributed by atoms with Crippen LogP contribution in [0, 0.1) is 24.0 Å². The zero-order valence-corrected chi connectivity index (χ0v) is 13.8. The van der Waals surface area contributed by atoms with Crippen molar-refractivity contribution in [1.82, 2.24) is 9.78 Å². The van der Waals surface area contributed by atoms with Crippen molar-refractivity contribution >= 4 is 21.6 Å². The van der Waals surface area contributed by atoms with E-state index in [4.69, 9.17) is 4.74 Å². The standard InChI is InChI=1S/C14H16BrN3O4/c1-9-14(18(20)21)10(2)17(16-9)7-12(19)8-22-13-5-3-11(15)4-6-13/h3-6,12,19H,7-8H2,1-2H3. The van der Waals surface area contributed by atoms with E-state index >= 15 is 0 Å². The fraction of sp³-hybridized carbons (Fsp3) is 0.357. The molecular weight excluding hydrogens is 354 g/mol. The number of hydrogen-bond acceptors (Lipinski definition) is 5. The van der Waals surface area contributed by atoms with Gasteiger partial charge in [-0.1, -0.05) is 15.9 Å². The number of ether oxygens (including phenoxy) is 1. The van der Waals surface area contributed by atoms with Crippen molar-refractivity contribution in [3.63, 3.8) is 0 Å². The van der Waals surface area contributed by atoms with Crippen LogP contribution >= 0.6 is 15.9 Å². The Balaban J connectivity index is 1.97. The molecule has 22 heavy (non-hydrogen) atoms. The predicted octanol–water partition coefficient (Wildman–Crippen LogP) is 2.61. The highest BCUT2D eigenvalue weighted by molar-refractivity contribution is 9.10. The van der Waals surface area contributed by atoms with Crippen LogP contribution in [0.1, 0.15) is 11.4 Å². The van der Waals surface area contributed by atoms with Gasteiger partial charge in [-0.25, -0.2) is 0 Å². The molecular formula is C14H16BrN3O4. The Kier molecular flexibility index (Phi) is 5.15. The quantitative estimate of drug-likeness (QED) is 0.624. The second-order valence-electron chi connectivity index (χ2n) is 4.88. The van der Waals surface area contributed by atoms with E-state index in [1.807, 2.05) is 12.1 Å². The molecule has 0 aliphatic carbocycles. The predicted molar refractivity (Wildman–Crippen MR) is 84.0 cm³/mol. The Bertz CT molecular complexity index is 669. The molecule has 8 heteroatoms. The Morgan fingerprint density at radius 2 is 2.05 bits per heavy atom. The molecule has 1 aromatic carbocycles. The van der Waals surface area contributed by atoms with Crippen LogP contribution in [0.4, 0.5) is 5.69 Å². The van der Waals surface area contributed by atoms with Gasteiger partial charge in [0.1, 0.15) is 29.8 Å². The molecule has 1 aromatic heterocycles. The molecule has 0 amide bonds. The van der Waals surface area contributed by atoms with Gasteiger partial charge in [0.15, 0.2) is 0 Å². The van der Waals surface area contributed by atoms with Gasteiger partial charge in [0.2, 0.25) is 0 Å². The molecule has 0 radical (unpaired) electrons. The molecule has 1 unspecified atom stereocenters. The summed E-state index contributed by atoms with van der Waals surface area (Å²) < 4.78 is 7.85. The molecule has 0 fully saturated rings. The first-order valence-electron chi connectivity index (χ1n) is 6.63. The highest BCUT2D eigenvalue weighted by Crippen LogP contribution is 2.22. The molecule has 2 aromatic rings. The third kappa shape index (κ3) is 3.83. The number of aliphatic hydroxyl groups is 1. The first-order chi connectivity index (χ1) is 10.4. The first kappa shape index (κ1) is 16.4. The largest absolute Gasteiger partial charge is 0.491 e. The van der Waals surface area contributed by atoms with Crippen LogP contribution in [-0.4, -0.2) is 32.5 Å². The maximum absolute atomic E-state index is 10.9. The zero-order chi connectivity index (χ0) is 16.3. The van der Waals surface area contributed by atoms with Gasteiger partial charge in [-0.15, -0.1) is 0 Å². The van der Waals surface area contributed by atoms with Crippen molar-refractivity contribution in [2.45, 2.75) is 26.5 Å². The van der Waals surface area contributed by atoms with Crippen molar-refractivity contribution in [3.8, 4) is 5.75 Å². The van der Waals surface area contributed by atoms with E-state index in [-0.39, 0.29) is 18.8 Å². The average Bonchev–Trinajstić information content (AvgIpc) is 2.72. The second kappa shape index (κ2) is 6.89. The Labute approximate surface area is 135 Å². The van der Waals surface area contributed by atoms with Gasteiger partial charge in [0.25, 0.3) is 0 Å². The van der Waals surface area contributed by atoms with Crippen LogP contribution in [0.3, 0.4) is 0 Å². The first-order valence-corrected chi connectivity index (χ1v) is 7.42. The monoisotopic (exact) mass is 369 g/mol. The number of aryl methyl sites for hydroxylation is 1. The zero-order valence-electron chi connectivity index (χ0n) is 12.2. The third-order valence-corrected chi connectivity index (χ3v) is 3.69. The summed E-state index contributed by atoms with van der Waals surface area (Å²) in [6.07, 6.45) is -0.818. The molecule has 2 rings (SSSR count). The number of nitrogens with zero attached hydrogens (tertiary/aromatic N) is 3. The van der Waals surface area contributed by atoms with Gasteiger partial charge in [-0.2, -0.15) is 5.10 Å². The maximum atomic E-state index is 10.9. The summed E-state index contributed by atoms with van der Waals surface area (Å²) >= 11 is 3.33. The van der Waals surface area contributed by atoms with E-state index < -0.39 is 11.0 Å². The summed E-state index contributed by atoms with van der Waals surface area (Å²) in [5, 5.41) is 25.0. The van der Waals surface area contributed by atoms with Gasteiger partial charge in [0.05, 0.1) is 11.5 Å². The number of rotatable bonds is 6. The summed E-state index contributed by atoms with van der Waals surface area (Å²) in [4.78, 5) is 10.5. The smallest absolute Gasteiger partial charge is 0.312 e. The lowest BCUT2D eigenvalue weighted by atomic mass is 10.3. The van der Waals surface area contributed by atoms with Crippen molar-refractivity contribution in [2.24, 2.45) is 0 Å². The van der Waals surface area contributed by atoms with Gasteiger partial charge in [0, 0.05) is 4.47 Å². The summed E-state index contributed by atoms with van der Waals surface area (Å²) in [5.41, 5.74) is 0.745. The molecule has 0 aliphatic rings. The number of aromatic nitrogens is 2. The van der Waals surface area contributed by atoms with Gasteiger partial charge in [-0.3, -0.25) is 14.8 Å². The normalized spacial score (nSPS) is 12.2. The molecule has 1 atom stereocenters. The Morgan fingerprint density at radius 1 is 1.41 bits per heavy atom. The van der Waals surface area contributed by atoms with Gasteiger partial charge >= 0.3 is 5.69 Å². The van der Waals surface area contributed by atoms with Gasteiger partial charge < -0.3 is 9.84 Å². The van der Waals surface area contributed by atoms with Crippen LogP contribution < -0.4 is 4.74 Å². The number of benzene rings is 1. The lowest BCUT2D eigenvalue weighted by Gasteiger charge is -2.13. The highest BCUT2D eigenvalue weighted by Gasteiger charge is 2.22. The second-order valence-corrected chi connectivity index (χ2v) is 5.79. The number of hydrogen-bond donors (Lipinski definition) is 1.